The van der Waals surface area contributed by atoms with E-state index in [9.17, 15) is 30.3 Å². The summed E-state index contributed by atoms with van der Waals surface area (Å²) in [5.41, 5.74) is 0. The third-order valence-electron chi connectivity index (χ3n) is 1.27. The largest absolute Gasteiger partial charge is 0.734 e. The normalized spacial score (nSPS) is 10.3. The van der Waals surface area contributed by atoms with Gasteiger partial charge in [0.1, 0.15) is 0 Å². The average Bonchev–Trinajstić information content (AvgIpc) is 2.03. The summed E-state index contributed by atoms with van der Waals surface area (Å²) in [4.78, 5) is 25.8. The molecule has 0 saturated carbocycles. The molecule has 0 aromatic heterocycles. The highest BCUT2D eigenvalue weighted by atomic mass is 16.7. The summed E-state index contributed by atoms with van der Waals surface area (Å²) in [7, 11) is 0. The van der Waals surface area contributed by atoms with E-state index in [4.69, 9.17) is 0 Å². The van der Waals surface area contributed by atoms with Gasteiger partial charge in [-0.2, -0.15) is 0 Å². The highest BCUT2D eigenvalue weighted by molar-refractivity contribution is 4.56. The number of hydrogen-bond donors (Lipinski definition) is 0. The molecule has 0 rings (SSSR count). The molecule has 0 heterocycles. The first kappa shape index (κ1) is 11.7. The molecule has 0 unspecified atom stereocenters. The molecule has 0 bridgehead atoms. The van der Waals surface area contributed by atoms with Gasteiger partial charge in [-0.3, -0.25) is 30.3 Å². The molecule has 14 heavy (non-hydrogen) atoms. The molecule has 0 spiro atoms. The summed E-state index contributed by atoms with van der Waals surface area (Å²) in [6, 6.07) is 0. The van der Waals surface area contributed by atoms with Crippen LogP contribution in [-0.2, 0) is 4.74 Å². The van der Waals surface area contributed by atoms with Crippen molar-refractivity contribution in [1.29, 1.82) is 0 Å². The Balaban J connectivity index is 5.15. The van der Waals surface area contributed by atoms with Crippen LogP contribution in [0.15, 0.2) is 12.8 Å². The van der Waals surface area contributed by atoms with E-state index >= 15 is 0 Å². The second-order valence-electron chi connectivity index (χ2n) is 2.02. The van der Waals surface area contributed by atoms with E-state index < -0.39 is 27.2 Å². The van der Waals surface area contributed by atoms with E-state index in [1.54, 1.807) is 0 Å². The Hall–Kier alpha value is -2.26. The quantitative estimate of drug-likeness (QED) is 0.250. The first-order valence-electron chi connectivity index (χ1n) is 3.05. The fourth-order valence-corrected chi connectivity index (χ4v) is 0.529. The van der Waals surface area contributed by atoms with Crippen LogP contribution in [-0.4, -0.2) is 27.2 Å². The molecule has 0 aromatic rings. The Bertz CT molecular complexity index is 251. The van der Waals surface area contributed by atoms with E-state index in [0.717, 1.165) is 0 Å². The SMILES string of the molecule is C=COCC([N+](=O)[O-])([N+](=O)[O-])[N+](=O)[O-]. The minimum Gasteiger partial charge on any atom is -0.479 e. The van der Waals surface area contributed by atoms with E-state index in [1.807, 2.05) is 0 Å². The molecule has 0 amide bonds. The molecular weight excluding hydrogens is 202 g/mol. The molecule has 10 heteroatoms. The molecule has 0 saturated heterocycles. The molecule has 0 aliphatic heterocycles. The molecule has 0 fully saturated rings. The first-order chi connectivity index (χ1) is 6.39. The van der Waals surface area contributed by atoms with Crippen LogP contribution in [0, 0.1) is 30.3 Å². The van der Waals surface area contributed by atoms with Crippen LogP contribution < -0.4 is 0 Å². The van der Waals surface area contributed by atoms with Gasteiger partial charge in [-0.15, -0.1) is 0 Å². The van der Waals surface area contributed by atoms with E-state index in [1.165, 1.54) is 0 Å². The summed E-state index contributed by atoms with van der Waals surface area (Å²) < 4.78 is 4.12. The standard InChI is InChI=1S/C4H5N3O7/c1-2-14-3-4(5(8)9,6(10)11)7(12)13/h2H,1,3H2. The third kappa shape index (κ3) is 1.73. The Morgan fingerprint density at radius 1 is 1.14 bits per heavy atom. The Morgan fingerprint density at radius 2 is 1.50 bits per heavy atom. The zero-order chi connectivity index (χ0) is 11.4. The maximum absolute atomic E-state index is 10.2. The highest BCUT2D eigenvalue weighted by Crippen LogP contribution is 2.12. The fraction of sp³-hybridized carbons (Fsp3) is 0.500. The zero-order valence-corrected chi connectivity index (χ0v) is 6.69. The van der Waals surface area contributed by atoms with Crippen molar-refractivity contribution < 1.29 is 19.5 Å². The maximum Gasteiger partial charge on any atom is 0.734 e. The van der Waals surface area contributed by atoms with Gasteiger partial charge in [-0.05, 0) is 0 Å². The van der Waals surface area contributed by atoms with Crippen LogP contribution in [0.2, 0.25) is 0 Å². The van der Waals surface area contributed by atoms with Gasteiger partial charge in [0.15, 0.2) is 14.8 Å². The highest BCUT2D eigenvalue weighted by Gasteiger charge is 2.71. The first-order valence-corrected chi connectivity index (χ1v) is 3.05. The van der Waals surface area contributed by atoms with Crippen LogP contribution in [0.25, 0.3) is 0 Å². The van der Waals surface area contributed by atoms with Gasteiger partial charge in [-0.25, -0.2) is 0 Å². The maximum atomic E-state index is 10.2. The van der Waals surface area contributed by atoms with Crippen molar-refractivity contribution in [2.75, 3.05) is 6.61 Å². The van der Waals surface area contributed by atoms with Gasteiger partial charge in [0, 0.05) is 0 Å². The topological polar surface area (TPSA) is 139 Å². The minimum atomic E-state index is -3.58. The Kier molecular flexibility index (Phi) is 3.45. The zero-order valence-electron chi connectivity index (χ0n) is 6.69. The minimum absolute atomic E-state index is 0.644. The molecular formula is C4H5N3O7. The van der Waals surface area contributed by atoms with Gasteiger partial charge in [0.25, 0.3) is 0 Å². The predicted octanol–water partition coefficient (Wildman–Crippen LogP) is -0.370. The lowest BCUT2D eigenvalue weighted by Crippen LogP contribution is -2.56. The van der Waals surface area contributed by atoms with Gasteiger partial charge < -0.3 is 4.74 Å². The molecule has 0 N–H and O–H groups in total. The smallest absolute Gasteiger partial charge is 0.479 e. The number of hydrogen-bond acceptors (Lipinski definition) is 7. The lowest BCUT2D eigenvalue weighted by Gasteiger charge is -2.07. The fourth-order valence-electron chi connectivity index (χ4n) is 0.529. The molecule has 0 aliphatic rings. The number of nitro groups is 3. The monoisotopic (exact) mass is 207 g/mol. The van der Waals surface area contributed by atoms with Gasteiger partial charge in [-0.1, -0.05) is 6.58 Å². The predicted molar refractivity (Wildman–Crippen MR) is 39.9 cm³/mol. The van der Waals surface area contributed by atoms with E-state index in [2.05, 4.69) is 11.3 Å². The summed E-state index contributed by atoms with van der Waals surface area (Å²) in [6.45, 7) is 1.64. The molecule has 0 atom stereocenters. The average molecular weight is 207 g/mol. The van der Waals surface area contributed by atoms with Crippen LogP contribution in [0.3, 0.4) is 0 Å². The molecule has 0 radical (unpaired) electrons. The molecule has 0 aliphatic carbocycles. The Labute approximate surface area is 76.2 Å². The van der Waals surface area contributed by atoms with Gasteiger partial charge >= 0.3 is 12.4 Å². The van der Waals surface area contributed by atoms with Crippen LogP contribution in [0.5, 0.6) is 0 Å². The number of nitrogens with zero attached hydrogens (tertiary/aromatic N) is 3. The van der Waals surface area contributed by atoms with Crippen LogP contribution >= 0.6 is 0 Å². The second kappa shape index (κ2) is 4.11. The second-order valence-corrected chi connectivity index (χ2v) is 2.02. The number of rotatable bonds is 6. The van der Waals surface area contributed by atoms with Crippen LogP contribution in [0.4, 0.5) is 0 Å². The van der Waals surface area contributed by atoms with Crippen molar-refractivity contribution in [3.8, 4) is 0 Å². The summed E-state index contributed by atoms with van der Waals surface area (Å²) >= 11 is 0. The lowest BCUT2D eigenvalue weighted by atomic mass is 10.4. The molecule has 10 nitrogen and oxygen atoms in total. The third-order valence-corrected chi connectivity index (χ3v) is 1.27. The number of ether oxygens (including phenoxy) is 1. The van der Waals surface area contributed by atoms with Crippen LogP contribution in [0.1, 0.15) is 0 Å². The summed E-state index contributed by atoms with van der Waals surface area (Å²) in [5, 5.41) is 30.7. The van der Waals surface area contributed by atoms with Crippen molar-refractivity contribution in [3.63, 3.8) is 0 Å². The summed E-state index contributed by atoms with van der Waals surface area (Å²) in [6.07, 6.45) is 0.644. The van der Waals surface area contributed by atoms with E-state index in [-0.39, 0.29) is 0 Å². The van der Waals surface area contributed by atoms with Crippen molar-refractivity contribution in [2.45, 2.75) is 5.79 Å². The molecule has 78 valence electrons. The lowest BCUT2D eigenvalue weighted by molar-refractivity contribution is -0.970. The van der Waals surface area contributed by atoms with Crippen molar-refractivity contribution >= 4 is 0 Å². The van der Waals surface area contributed by atoms with Crippen molar-refractivity contribution in [3.05, 3.63) is 43.2 Å². The van der Waals surface area contributed by atoms with Gasteiger partial charge in [0.2, 0.25) is 0 Å². The molecule has 0 aromatic carbocycles. The van der Waals surface area contributed by atoms with E-state index in [0.29, 0.717) is 6.26 Å². The van der Waals surface area contributed by atoms with Gasteiger partial charge in [0.05, 0.1) is 6.26 Å². The van der Waals surface area contributed by atoms with Crippen molar-refractivity contribution in [1.82, 2.24) is 0 Å². The summed E-state index contributed by atoms with van der Waals surface area (Å²) in [5.74, 6) is -3.58. The van der Waals surface area contributed by atoms with Crippen molar-refractivity contribution in [2.24, 2.45) is 0 Å². The Morgan fingerprint density at radius 3 is 1.71 bits per heavy atom.